The number of likely N-dealkylation sites (N-methyl/N-ethyl adjacent to an activating group) is 1. The van der Waals surface area contributed by atoms with Gasteiger partial charge in [-0.3, -0.25) is 18.6 Å². The number of unbranched alkanes of at least 4 members (excludes halogenated alkanes) is 32. The summed E-state index contributed by atoms with van der Waals surface area (Å²) in [6, 6.07) is -0.857. The first-order valence-electron chi connectivity index (χ1n) is 32.3. The summed E-state index contributed by atoms with van der Waals surface area (Å²) in [4.78, 5) is 37.7. The molecule has 77 heavy (non-hydrogen) atoms. The van der Waals surface area contributed by atoms with Crippen LogP contribution in [0.15, 0.2) is 72.9 Å². The molecule has 0 aromatic heterocycles. The lowest BCUT2D eigenvalue weighted by Gasteiger charge is -2.27. The predicted molar refractivity (Wildman–Crippen MR) is 332 cm³/mol. The number of nitrogens with zero attached hydrogens (tertiary/aromatic N) is 1. The minimum atomic E-state index is -4.45. The molecular weight excluding hydrogens is 976 g/mol. The van der Waals surface area contributed by atoms with E-state index in [9.17, 15) is 19.0 Å². The molecule has 0 radical (unpaired) electrons. The van der Waals surface area contributed by atoms with E-state index >= 15 is 0 Å². The second-order valence-electron chi connectivity index (χ2n) is 22.9. The summed E-state index contributed by atoms with van der Waals surface area (Å²) in [7, 11) is 1.48. The largest absolute Gasteiger partial charge is 0.472 e. The topological polar surface area (TPSA) is 111 Å². The molecule has 0 heterocycles. The van der Waals surface area contributed by atoms with Crippen molar-refractivity contribution in [1.82, 2.24) is 5.32 Å². The average Bonchev–Trinajstić information content (AvgIpc) is 3.39. The molecule has 3 unspecified atom stereocenters. The van der Waals surface area contributed by atoms with Gasteiger partial charge in [0.15, 0.2) is 0 Å². The molecule has 0 aliphatic heterocycles. The maximum absolute atomic E-state index is 13.6. The summed E-state index contributed by atoms with van der Waals surface area (Å²) in [5.74, 6) is -0.519. The molecule has 0 fully saturated rings. The molecule has 0 rings (SSSR count). The van der Waals surface area contributed by atoms with E-state index in [1.165, 1.54) is 167 Å². The number of nitrogens with one attached hydrogen (secondary N) is 1. The number of amides is 1. The van der Waals surface area contributed by atoms with Gasteiger partial charge in [-0.15, -0.1) is 0 Å². The van der Waals surface area contributed by atoms with Crippen LogP contribution in [0, 0.1) is 0 Å². The van der Waals surface area contributed by atoms with Crippen LogP contribution in [0.4, 0.5) is 0 Å². The summed E-state index contributed by atoms with van der Waals surface area (Å²) in [5.41, 5.74) is 0. The number of carbonyl (C=O) groups excluding carboxylic acids is 2. The molecule has 0 aliphatic rings. The highest BCUT2D eigenvalue weighted by Gasteiger charge is 2.30. The number of ether oxygens (including phenoxy) is 1. The van der Waals surface area contributed by atoms with Gasteiger partial charge < -0.3 is 19.4 Å². The van der Waals surface area contributed by atoms with Crippen molar-refractivity contribution < 1.29 is 37.3 Å². The van der Waals surface area contributed by atoms with Crippen LogP contribution in [0.2, 0.25) is 0 Å². The summed E-state index contributed by atoms with van der Waals surface area (Å²) in [6.07, 6.45) is 73.2. The number of rotatable bonds is 58. The first-order valence-corrected chi connectivity index (χ1v) is 33.8. The highest BCUT2D eigenvalue weighted by Crippen LogP contribution is 2.43. The normalized spacial score (nSPS) is 14.1. The molecule has 10 heteroatoms. The Kier molecular flexibility index (Phi) is 54.8. The van der Waals surface area contributed by atoms with E-state index < -0.39 is 20.0 Å². The molecule has 0 aromatic rings. The van der Waals surface area contributed by atoms with E-state index in [0.717, 1.165) is 89.9 Å². The molecule has 0 aromatic carbocycles. The van der Waals surface area contributed by atoms with Crippen molar-refractivity contribution in [3.63, 3.8) is 0 Å². The molecule has 448 valence electrons. The second-order valence-corrected chi connectivity index (χ2v) is 24.4. The Labute approximate surface area is 476 Å². The van der Waals surface area contributed by atoms with Crippen LogP contribution < -0.4 is 5.32 Å². The quantitative estimate of drug-likeness (QED) is 0.0205. The average molecular weight is 1100 g/mol. The number of allylic oxidation sites excluding steroid dienone is 11. The smallest absolute Gasteiger partial charge is 0.456 e. The molecule has 2 N–H and O–H groups in total. The first kappa shape index (κ1) is 74.5. The van der Waals surface area contributed by atoms with Crippen molar-refractivity contribution in [2.75, 3.05) is 40.9 Å². The van der Waals surface area contributed by atoms with Gasteiger partial charge in [-0.25, -0.2) is 4.57 Å². The van der Waals surface area contributed by atoms with Crippen LogP contribution in [0.3, 0.4) is 0 Å². The van der Waals surface area contributed by atoms with E-state index in [1.54, 1.807) is 0 Å². The highest BCUT2D eigenvalue weighted by molar-refractivity contribution is 7.47. The van der Waals surface area contributed by atoms with Gasteiger partial charge in [0.05, 0.1) is 33.8 Å². The molecule has 0 saturated heterocycles. The van der Waals surface area contributed by atoms with E-state index in [0.29, 0.717) is 17.4 Å². The van der Waals surface area contributed by atoms with Gasteiger partial charge in [-0.1, -0.05) is 248 Å². The van der Waals surface area contributed by atoms with E-state index in [4.69, 9.17) is 13.8 Å². The Balaban J connectivity index is 5.19. The van der Waals surface area contributed by atoms with Crippen molar-refractivity contribution >= 4 is 19.7 Å². The Morgan fingerprint density at radius 3 is 1.21 bits per heavy atom. The van der Waals surface area contributed by atoms with Crippen LogP contribution in [0.1, 0.15) is 290 Å². The third-order valence-corrected chi connectivity index (χ3v) is 15.1. The van der Waals surface area contributed by atoms with Gasteiger partial charge in [0, 0.05) is 12.8 Å². The van der Waals surface area contributed by atoms with Crippen molar-refractivity contribution in [2.24, 2.45) is 0 Å². The van der Waals surface area contributed by atoms with Crippen LogP contribution in [-0.4, -0.2) is 74.3 Å². The molecule has 0 aliphatic carbocycles. The van der Waals surface area contributed by atoms with E-state index in [2.05, 4.69) is 86.8 Å². The standard InChI is InChI=1S/C67H123N2O7P/c1-7-10-13-16-19-22-25-27-29-31-33-34-36-37-39-41-44-47-50-53-56-59-66(70)68-64(63-75-77(72,73)74-62-61-69(4,5)6)65(58-55-52-49-46-43-24-21-18-15-12-9-3)76-67(71)60-57-54-51-48-45-42-40-38-35-32-30-28-26-23-20-17-14-11-8-2/h19-20,22-23,27-30,35,38,55,58,64-65H,7-18,21,24-26,31-34,36-37,39-54,56-57,59-63H2,1-6H3,(H-,68,70,72,73)/p+1/b22-19-,23-20-,29-27-,30-28-,38-35-,58-55+. The fourth-order valence-corrected chi connectivity index (χ4v) is 9.83. The number of quaternary nitrogens is 1. The van der Waals surface area contributed by atoms with Crippen molar-refractivity contribution in [3.8, 4) is 0 Å². The number of phosphoric ester groups is 1. The Morgan fingerprint density at radius 2 is 0.792 bits per heavy atom. The molecule has 9 nitrogen and oxygen atoms in total. The zero-order valence-electron chi connectivity index (χ0n) is 51.2. The molecule has 1 amide bonds. The van der Waals surface area contributed by atoms with Gasteiger partial charge in [-0.05, 0) is 102 Å². The first-order chi connectivity index (χ1) is 37.4. The zero-order valence-corrected chi connectivity index (χ0v) is 52.1. The fourth-order valence-electron chi connectivity index (χ4n) is 9.10. The van der Waals surface area contributed by atoms with Gasteiger partial charge in [-0.2, -0.15) is 0 Å². The number of hydrogen-bond donors (Lipinski definition) is 2. The zero-order chi connectivity index (χ0) is 56.4. The van der Waals surface area contributed by atoms with Crippen molar-refractivity contribution in [1.29, 1.82) is 0 Å². The molecular formula is C67H124N2O7P+. The summed E-state index contributed by atoms with van der Waals surface area (Å²) < 4.78 is 30.7. The Bertz CT molecular complexity index is 1550. The number of hydrogen-bond acceptors (Lipinski definition) is 6. The summed E-state index contributed by atoms with van der Waals surface area (Å²) in [5, 5.41) is 3.06. The van der Waals surface area contributed by atoms with Crippen LogP contribution in [0.25, 0.3) is 0 Å². The minimum Gasteiger partial charge on any atom is -0.456 e. The Morgan fingerprint density at radius 1 is 0.455 bits per heavy atom. The third-order valence-electron chi connectivity index (χ3n) is 14.1. The molecule has 3 atom stereocenters. The van der Waals surface area contributed by atoms with Crippen LogP contribution >= 0.6 is 7.82 Å². The molecule has 0 bridgehead atoms. The van der Waals surface area contributed by atoms with E-state index in [-0.39, 0.29) is 31.5 Å². The lowest BCUT2D eigenvalue weighted by atomic mass is 10.0. The van der Waals surface area contributed by atoms with Crippen molar-refractivity contribution in [2.45, 2.75) is 303 Å². The second kappa shape index (κ2) is 56.7. The monoisotopic (exact) mass is 1100 g/mol. The van der Waals surface area contributed by atoms with Gasteiger partial charge in [0.2, 0.25) is 5.91 Å². The SMILES string of the molecule is CCCCC/C=C\C/C=C\C/C=C\CCCCCCCCC(=O)OC(/C=C/CCCCCCCCCCC)C(COP(=O)(O)OCC[N+](C)(C)C)NC(=O)CCCCCCCCCCCCC/C=C\C/C=C\CCCCC. The predicted octanol–water partition coefficient (Wildman–Crippen LogP) is 20.0. The van der Waals surface area contributed by atoms with Crippen LogP contribution in [-0.2, 0) is 27.9 Å². The number of phosphoric acid groups is 1. The lowest BCUT2D eigenvalue weighted by molar-refractivity contribution is -0.870. The highest BCUT2D eigenvalue weighted by atomic mass is 31.2. The maximum atomic E-state index is 13.6. The van der Waals surface area contributed by atoms with Gasteiger partial charge >= 0.3 is 13.8 Å². The number of esters is 1. The fraction of sp³-hybridized carbons (Fsp3) is 0.791. The lowest BCUT2D eigenvalue weighted by Crippen LogP contribution is -2.47. The number of carbonyl (C=O) groups is 2. The van der Waals surface area contributed by atoms with Gasteiger partial charge in [0.25, 0.3) is 0 Å². The summed E-state index contributed by atoms with van der Waals surface area (Å²) in [6.45, 7) is 6.96. The minimum absolute atomic E-state index is 0.0356. The Hall–Kier alpha value is -2.55. The van der Waals surface area contributed by atoms with E-state index in [1.807, 2.05) is 33.3 Å². The van der Waals surface area contributed by atoms with Gasteiger partial charge in [0.1, 0.15) is 19.3 Å². The van der Waals surface area contributed by atoms with Crippen LogP contribution in [0.5, 0.6) is 0 Å². The molecule has 0 spiro atoms. The summed E-state index contributed by atoms with van der Waals surface area (Å²) >= 11 is 0. The van der Waals surface area contributed by atoms with Crippen molar-refractivity contribution in [3.05, 3.63) is 72.9 Å². The third kappa shape index (κ3) is 57.9. The maximum Gasteiger partial charge on any atom is 0.472 e. The molecule has 0 saturated carbocycles.